The first-order valence-corrected chi connectivity index (χ1v) is 7.94. The maximum absolute atomic E-state index is 12.3. The van der Waals surface area contributed by atoms with E-state index in [0.29, 0.717) is 5.02 Å². The first kappa shape index (κ1) is 15.1. The highest BCUT2D eigenvalue weighted by Crippen LogP contribution is 2.30. The lowest BCUT2D eigenvalue weighted by atomic mass is 10.0. The second-order valence-electron chi connectivity index (χ2n) is 4.63. The Kier molecular flexibility index (Phi) is 4.84. The fraction of sp³-hybridized carbons (Fsp3) is 0.312. The van der Waals surface area contributed by atoms with Crippen LogP contribution in [-0.2, 0) is 12.8 Å². The van der Waals surface area contributed by atoms with Crippen molar-refractivity contribution < 1.29 is 4.79 Å². The molecule has 1 amide bonds. The summed E-state index contributed by atoms with van der Waals surface area (Å²) in [4.78, 5) is 14.2. The van der Waals surface area contributed by atoms with E-state index < -0.39 is 0 Å². The monoisotopic (exact) mass is 307 g/mol. The van der Waals surface area contributed by atoms with Crippen molar-refractivity contribution in [3.63, 3.8) is 0 Å². The van der Waals surface area contributed by atoms with Crippen molar-refractivity contribution in [3.8, 4) is 0 Å². The van der Waals surface area contributed by atoms with Crippen molar-refractivity contribution in [2.24, 2.45) is 0 Å². The first-order valence-electron chi connectivity index (χ1n) is 6.74. The van der Waals surface area contributed by atoms with Gasteiger partial charge in [0.2, 0.25) is 0 Å². The van der Waals surface area contributed by atoms with Crippen LogP contribution in [0.4, 0.5) is 5.69 Å². The van der Waals surface area contributed by atoms with E-state index in [1.54, 1.807) is 0 Å². The van der Waals surface area contributed by atoms with Crippen molar-refractivity contribution in [2.75, 3.05) is 5.32 Å². The molecule has 0 saturated carbocycles. The largest absolute Gasteiger partial charge is 0.321 e. The van der Waals surface area contributed by atoms with Gasteiger partial charge in [-0.3, -0.25) is 4.79 Å². The van der Waals surface area contributed by atoms with E-state index >= 15 is 0 Å². The Labute approximate surface area is 128 Å². The smallest absolute Gasteiger partial charge is 0.265 e. The van der Waals surface area contributed by atoms with Gasteiger partial charge in [-0.05, 0) is 49.1 Å². The van der Waals surface area contributed by atoms with Crippen LogP contribution in [0.15, 0.2) is 24.3 Å². The van der Waals surface area contributed by atoms with Gasteiger partial charge in [0, 0.05) is 15.6 Å². The number of halogens is 1. The van der Waals surface area contributed by atoms with Crippen molar-refractivity contribution in [1.29, 1.82) is 0 Å². The summed E-state index contributed by atoms with van der Waals surface area (Å²) in [5, 5.41) is 3.75. The van der Waals surface area contributed by atoms with Crippen LogP contribution in [0.25, 0.3) is 0 Å². The minimum Gasteiger partial charge on any atom is -0.321 e. The van der Waals surface area contributed by atoms with Gasteiger partial charge < -0.3 is 5.32 Å². The Hall–Kier alpha value is -1.32. The Morgan fingerprint density at radius 1 is 1.20 bits per heavy atom. The van der Waals surface area contributed by atoms with Crippen LogP contribution in [-0.4, -0.2) is 5.91 Å². The SMILES string of the molecule is CCc1ccc(Cl)c(CC)c1NC(=O)c1ccc(C)s1. The van der Waals surface area contributed by atoms with Crippen molar-refractivity contribution in [2.45, 2.75) is 33.6 Å². The van der Waals surface area contributed by atoms with Crippen LogP contribution in [0, 0.1) is 6.92 Å². The topological polar surface area (TPSA) is 29.1 Å². The molecule has 1 aromatic heterocycles. The van der Waals surface area contributed by atoms with Gasteiger partial charge in [0.05, 0.1) is 4.88 Å². The molecule has 2 nitrogen and oxygen atoms in total. The van der Waals surface area contributed by atoms with E-state index in [-0.39, 0.29) is 5.91 Å². The van der Waals surface area contributed by atoms with Gasteiger partial charge in [0.15, 0.2) is 0 Å². The molecule has 106 valence electrons. The van der Waals surface area contributed by atoms with Crippen LogP contribution >= 0.6 is 22.9 Å². The molecular weight excluding hydrogens is 290 g/mol. The van der Waals surface area contributed by atoms with Crippen LogP contribution in [0.2, 0.25) is 5.02 Å². The number of hydrogen-bond acceptors (Lipinski definition) is 2. The molecule has 0 aliphatic rings. The molecule has 1 N–H and O–H groups in total. The van der Waals surface area contributed by atoms with Crippen LogP contribution in [0.3, 0.4) is 0 Å². The second-order valence-corrected chi connectivity index (χ2v) is 6.33. The van der Waals surface area contributed by atoms with Crippen LogP contribution in [0.5, 0.6) is 0 Å². The molecule has 1 aromatic carbocycles. The molecule has 1 heterocycles. The van der Waals surface area contributed by atoms with E-state index in [1.165, 1.54) is 11.3 Å². The highest BCUT2D eigenvalue weighted by molar-refractivity contribution is 7.14. The fourth-order valence-electron chi connectivity index (χ4n) is 2.20. The molecule has 0 bridgehead atoms. The Bertz CT molecular complexity index is 633. The summed E-state index contributed by atoms with van der Waals surface area (Å²) >= 11 is 7.74. The molecule has 0 unspecified atom stereocenters. The van der Waals surface area contributed by atoms with Crippen molar-refractivity contribution >= 4 is 34.5 Å². The zero-order valence-corrected chi connectivity index (χ0v) is 13.5. The third-order valence-corrected chi connectivity index (χ3v) is 4.63. The van der Waals surface area contributed by atoms with Crippen LogP contribution in [0.1, 0.15) is 39.5 Å². The average molecular weight is 308 g/mol. The molecule has 2 rings (SSSR count). The third kappa shape index (κ3) is 3.05. The lowest BCUT2D eigenvalue weighted by Crippen LogP contribution is -2.13. The number of amides is 1. The number of aryl methyl sites for hydroxylation is 2. The molecule has 2 aromatic rings. The number of benzene rings is 1. The van der Waals surface area contributed by atoms with Gasteiger partial charge in [0.25, 0.3) is 5.91 Å². The highest BCUT2D eigenvalue weighted by atomic mass is 35.5. The summed E-state index contributed by atoms with van der Waals surface area (Å²) < 4.78 is 0. The normalized spacial score (nSPS) is 10.6. The maximum atomic E-state index is 12.3. The summed E-state index contributed by atoms with van der Waals surface area (Å²) in [7, 11) is 0. The Morgan fingerprint density at radius 3 is 2.50 bits per heavy atom. The first-order chi connectivity index (χ1) is 9.56. The van der Waals surface area contributed by atoms with E-state index in [0.717, 1.165) is 39.4 Å². The number of carbonyl (C=O) groups is 1. The number of rotatable bonds is 4. The number of nitrogens with one attached hydrogen (secondary N) is 1. The number of anilines is 1. The predicted molar refractivity (Wildman–Crippen MR) is 87.2 cm³/mol. The van der Waals surface area contributed by atoms with Gasteiger partial charge in [-0.15, -0.1) is 11.3 Å². The molecule has 20 heavy (non-hydrogen) atoms. The van der Waals surface area contributed by atoms with E-state index in [1.807, 2.05) is 38.1 Å². The van der Waals surface area contributed by atoms with E-state index in [2.05, 4.69) is 12.2 Å². The summed E-state index contributed by atoms with van der Waals surface area (Å²) in [6, 6.07) is 7.71. The molecule has 0 fully saturated rings. The molecule has 0 saturated heterocycles. The lowest BCUT2D eigenvalue weighted by Gasteiger charge is -2.15. The summed E-state index contributed by atoms with van der Waals surface area (Å²) in [5.41, 5.74) is 3.00. The van der Waals surface area contributed by atoms with Gasteiger partial charge >= 0.3 is 0 Å². The summed E-state index contributed by atoms with van der Waals surface area (Å²) in [6.07, 6.45) is 1.66. The molecular formula is C16H18ClNOS. The molecule has 0 aliphatic heterocycles. The summed E-state index contributed by atoms with van der Waals surface area (Å²) in [5.74, 6) is -0.0604. The Morgan fingerprint density at radius 2 is 1.95 bits per heavy atom. The van der Waals surface area contributed by atoms with Crippen LogP contribution < -0.4 is 5.32 Å². The average Bonchev–Trinajstić information content (AvgIpc) is 2.86. The zero-order chi connectivity index (χ0) is 14.7. The standard InChI is InChI=1S/C16H18ClNOS/c1-4-11-7-8-13(17)12(5-2)15(11)18-16(19)14-9-6-10(3)20-14/h6-9H,4-5H2,1-3H3,(H,18,19). The van der Waals surface area contributed by atoms with Crippen molar-refractivity contribution in [3.05, 3.63) is 50.2 Å². The molecule has 0 atom stereocenters. The zero-order valence-electron chi connectivity index (χ0n) is 11.9. The van der Waals surface area contributed by atoms with Crippen molar-refractivity contribution in [1.82, 2.24) is 0 Å². The quantitative estimate of drug-likeness (QED) is 0.837. The molecule has 0 spiro atoms. The summed E-state index contributed by atoms with van der Waals surface area (Å²) in [6.45, 7) is 6.12. The fourth-order valence-corrected chi connectivity index (χ4v) is 3.25. The minimum atomic E-state index is -0.0604. The van der Waals surface area contributed by atoms with E-state index in [4.69, 9.17) is 11.6 Å². The van der Waals surface area contributed by atoms with Gasteiger partial charge in [-0.1, -0.05) is 31.5 Å². The molecule has 0 aliphatic carbocycles. The number of thiophene rings is 1. The number of hydrogen-bond donors (Lipinski definition) is 1. The maximum Gasteiger partial charge on any atom is 0.265 e. The highest BCUT2D eigenvalue weighted by Gasteiger charge is 2.15. The second kappa shape index (κ2) is 6.42. The predicted octanol–water partition coefficient (Wildman–Crippen LogP) is 5.09. The van der Waals surface area contributed by atoms with E-state index in [9.17, 15) is 4.79 Å². The lowest BCUT2D eigenvalue weighted by molar-refractivity contribution is 0.103. The number of carbonyl (C=O) groups excluding carboxylic acids is 1. The molecule has 4 heteroatoms. The van der Waals surface area contributed by atoms with Gasteiger partial charge in [-0.2, -0.15) is 0 Å². The minimum absolute atomic E-state index is 0.0604. The Balaban J connectivity index is 2.37. The third-order valence-electron chi connectivity index (χ3n) is 3.28. The van der Waals surface area contributed by atoms with Gasteiger partial charge in [0.1, 0.15) is 0 Å². The van der Waals surface area contributed by atoms with Gasteiger partial charge in [-0.25, -0.2) is 0 Å². The molecule has 0 radical (unpaired) electrons.